The number of rotatable bonds is 1. The van der Waals surface area contributed by atoms with Crippen molar-refractivity contribution < 1.29 is 17.5 Å². The highest BCUT2D eigenvalue weighted by atomic mass is 32.1. The predicted octanol–water partition coefficient (Wildman–Crippen LogP) is 0.169. The van der Waals surface area contributed by atoms with E-state index in [0.29, 0.717) is 0 Å². The Bertz CT molecular complexity index is 66.1. The third-order valence-electron chi connectivity index (χ3n) is 0.0745. The Kier molecular flexibility index (Phi) is 24.1. The molecule has 0 saturated heterocycles. The summed E-state index contributed by atoms with van der Waals surface area (Å²) in [6, 6.07) is 0. The van der Waals surface area contributed by atoms with Gasteiger partial charge in [0.2, 0.25) is 0 Å². The number of hydrogen-bond donors (Lipinski definition) is 0. The van der Waals surface area contributed by atoms with Gasteiger partial charge >= 0.3 is 20.3 Å². The molecule has 0 heterocycles. The standard InChI is InChI=1S/CH3O2P.O2S/c1-3-4-2;1-3-2/h1H3;. The lowest BCUT2D eigenvalue weighted by atomic mass is 11.8. The zero-order valence-electron chi connectivity index (χ0n) is 3.49. The molecule has 0 unspecified atom stereocenters. The maximum absolute atomic E-state index is 9.05. The maximum atomic E-state index is 9.05. The zero-order valence-corrected chi connectivity index (χ0v) is 5.20. The van der Waals surface area contributed by atoms with Gasteiger partial charge in [0.1, 0.15) is 0 Å². The highest BCUT2D eigenvalue weighted by Gasteiger charge is 1.51. The van der Waals surface area contributed by atoms with E-state index in [-0.39, 0.29) is 8.69 Å². The molecule has 0 aromatic heterocycles. The van der Waals surface area contributed by atoms with Crippen molar-refractivity contribution in [2.75, 3.05) is 7.11 Å². The van der Waals surface area contributed by atoms with Crippen LogP contribution in [0.5, 0.6) is 0 Å². The topological polar surface area (TPSA) is 60.4 Å². The fourth-order valence-electron chi connectivity index (χ4n) is 0. The molecule has 4 nitrogen and oxygen atoms in total. The normalized spacial score (nSPS) is 6.43. The van der Waals surface area contributed by atoms with E-state index in [1.165, 1.54) is 7.11 Å². The Morgan fingerprint density at radius 1 is 1.57 bits per heavy atom. The van der Waals surface area contributed by atoms with E-state index in [1.807, 2.05) is 0 Å². The van der Waals surface area contributed by atoms with Gasteiger partial charge in [-0.2, -0.15) is 8.42 Å². The number of hydrogen-bond acceptors (Lipinski definition) is 4. The monoisotopic (exact) mass is 142 g/mol. The summed E-state index contributed by atoms with van der Waals surface area (Å²) in [5.41, 5.74) is 0. The molecule has 0 fully saturated rings. The second-order valence-electron chi connectivity index (χ2n) is 0.325. The van der Waals surface area contributed by atoms with Gasteiger partial charge in [-0.05, 0) is 0 Å². The second-order valence-corrected chi connectivity index (χ2v) is 0.975. The minimum atomic E-state index is -0.750. The fraction of sp³-hybridized carbons (Fsp3) is 1.00. The van der Waals surface area contributed by atoms with Crippen LogP contribution in [0.1, 0.15) is 0 Å². The van der Waals surface area contributed by atoms with Gasteiger partial charge in [-0.15, -0.1) is 0 Å². The van der Waals surface area contributed by atoms with Crippen LogP contribution in [0.15, 0.2) is 0 Å². The smallest absolute Gasteiger partial charge is 0.298 e. The third-order valence-corrected chi connectivity index (χ3v) is 0.224. The van der Waals surface area contributed by atoms with E-state index in [1.54, 1.807) is 0 Å². The lowest BCUT2D eigenvalue weighted by Gasteiger charge is -1.57. The van der Waals surface area contributed by atoms with Crippen LogP contribution in [-0.2, 0) is 20.7 Å². The van der Waals surface area contributed by atoms with Gasteiger partial charge in [0.05, 0.1) is 0 Å². The summed E-state index contributed by atoms with van der Waals surface area (Å²) in [5, 5.41) is 0. The summed E-state index contributed by atoms with van der Waals surface area (Å²) >= 11 is -0.750. The van der Waals surface area contributed by atoms with Gasteiger partial charge in [-0.3, -0.25) is 4.52 Å². The Hall–Kier alpha value is -0.120. The van der Waals surface area contributed by atoms with Gasteiger partial charge in [0.15, 0.2) is 0 Å². The largest absolute Gasteiger partial charge is 0.335 e. The van der Waals surface area contributed by atoms with Crippen LogP contribution in [0.4, 0.5) is 0 Å². The summed E-state index contributed by atoms with van der Waals surface area (Å²) in [5.74, 6) is 0. The van der Waals surface area contributed by atoms with E-state index in [9.17, 15) is 0 Å². The molecular weight excluding hydrogens is 139 g/mol. The molecule has 0 N–H and O–H groups in total. The molecule has 0 atom stereocenters. The van der Waals surface area contributed by atoms with Crippen LogP contribution in [0.25, 0.3) is 0 Å². The highest BCUT2D eigenvalue weighted by molar-refractivity contribution is 7.51. The van der Waals surface area contributed by atoms with Crippen molar-refractivity contribution in [1.29, 1.82) is 0 Å². The SMILES string of the molecule is COP=O.O=S=O. The predicted molar refractivity (Wildman–Crippen MR) is 23.5 cm³/mol. The van der Waals surface area contributed by atoms with E-state index in [4.69, 9.17) is 13.0 Å². The minimum Gasteiger partial charge on any atom is -0.298 e. The van der Waals surface area contributed by atoms with Crippen molar-refractivity contribution in [1.82, 2.24) is 0 Å². The third kappa shape index (κ3) is 114. The van der Waals surface area contributed by atoms with Crippen molar-refractivity contribution in [3.05, 3.63) is 0 Å². The van der Waals surface area contributed by atoms with Gasteiger partial charge in [0.25, 0.3) is 0 Å². The molecule has 0 rings (SSSR count). The van der Waals surface area contributed by atoms with E-state index in [2.05, 4.69) is 4.52 Å². The van der Waals surface area contributed by atoms with Crippen molar-refractivity contribution in [3.8, 4) is 0 Å². The molecule has 42 valence electrons. The van der Waals surface area contributed by atoms with Crippen LogP contribution in [-0.4, -0.2) is 15.5 Å². The molecule has 6 heteroatoms. The van der Waals surface area contributed by atoms with Gasteiger partial charge in [0, 0.05) is 7.11 Å². The molecule has 0 aliphatic carbocycles. The molecule has 0 aliphatic heterocycles. The van der Waals surface area contributed by atoms with Crippen LogP contribution >= 0.6 is 8.69 Å². The van der Waals surface area contributed by atoms with Crippen LogP contribution in [0.2, 0.25) is 0 Å². The first-order valence-corrected chi connectivity index (χ1v) is 2.50. The summed E-state index contributed by atoms with van der Waals surface area (Å²) in [6.45, 7) is 0. The summed E-state index contributed by atoms with van der Waals surface area (Å²) in [4.78, 5) is 0. The van der Waals surface area contributed by atoms with Crippen molar-refractivity contribution in [3.63, 3.8) is 0 Å². The van der Waals surface area contributed by atoms with Crippen molar-refractivity contribution in [2.24, 2.45) is 0 Å². The van der Waals surface area contributed by atoms with E-state index in [0.717, 1.165) is 0 Å². The molecule has 0 saturated carbocycles. The van der Waals surface area contributed by atoms with Crippen LogP contribution in [0.3, 0.4) is 0 Å². The Morgan fingerprint density at radius 2 is 1.71 bits per heavy atom. The molecule has 7 heavy (non-hydrogen) atoms. The van der Waals surface area contributed by atoms with E-state index >= 15 is 0 Å². The van der Waals surface area contributed by atoms with Crippen molar-refractivity contribution >= 4 is 20.3 Å². The molecule has 0 aromatic rings. The Morgan fingerprint density at radius 3 is 1.71 bits per heavy atom. The lowest BCUT2D eigenvalue weighted by molar-refractivity contribution is 0.433. The molecule has 0 radical (unpaired) electrons. The lowest BCUT2D eigenvalue weighted by Crippen LogP contribution is -1.42. The summed E-state index contributed by atoms with van der Waals surface area (Å²) < 4.78 is 29.6. The Labute approximate surface area is 45.8 Å². The molecule has 0 aliphatic rings. The summed E-state index contributed by atoms with van der Waals surface area (Å²) in [6.07, 6.45) is 0. The van der Waals surface area contributed by atoms with Crippen molar-refractivity contribution in [2.45, 2.75) is 0 Å². The molecule has 0 spiro atoms. The summed E-state index contributed by atoms with van der Waals surface area (Å²) in [7, 11) is 1.10. The Balaban J connectivity index is 0. The molecule has 0 aromatic carbocycles. The average molecular weight is 142 g/mol. The van der Waals surface area contributed by atoms with Gasteiger partial charge < -0.3 is 0 Å². The highest BCUT2D eigenvalue weighted by Crippen LogP contribution is 1.83. The quantitative estimate of drug-likeness (QED) is 0.489. The minimum absolute atomic E-state index is 0.252. The molecule has 0 amide bonds. The molecule has 0 bridgehead atoms. The molecular formula is CH3O4PS. The second kappa shape index (κ2) is 16.9. The van der Waals surface area contributed by atoms with Crippen LogP contribution in [0, 0.1) is 0 Å². The van der Waals surface area contributed by atoms with E-state index < -0.39 is 11.6 Å². The first kappa shape index (κ1) is 9.99. The maximum Gasteiger partial charge on any atom is 0.335 e. The van der Waals surface area contributed by atoms with Gasteiger partial charge in [-0.1, -0.05) is 0 Å². The first-order chi connectivity index (χ1) is 3.33. The first-order valence-electron chi connectivity index (χ1n) is 1.11. The fourth-order valence-corrected chi connectivity index (χ4v) is 0. The van der Waals surface area contributed by atoms with Gasteiger partial charge in [-0.25, -0.2) is 4.57 Å². The van der Waals surface area contributed by atoms with Crippen LogP contribution < -0.4 is 0 Å². The zero-order chi connectivity index (χ0) is 6.12. The average Bonchev–Trinajstić information content (AvgIpc) is 1.69.